The highest BCUT2D eigenvalue weighted by Crippen LogP contribution is 2.38. The van der Waals surface area contributed by atoms with E-state index in [2.05, 4.69) is 19.2 Å². The van der Waals surface area contributed by atoms with E-state index in [9.17, 15) is 0 Å². The molecule has 0 saturated heterocycles. The van der Waals surface area contributed by atoms with Crippen molar-refractivity contribution in [3.8, 4) is 0 Å². The highest BCUT2D eigenvalue weighted by molar-refractivity contribution is 4.93. The van der Waals surface area contributed by atoms with Gasteiger partial charge >= 0.3 is 0 Å². The molecule has 0 amide bonds. The third-order valence-electron chi connectivity index (χ3n) is 5.01. The van der Waals surface area contributed by atoms with E-state index >= 15 is 0 Å². The Morgan fingerprint density at radius 2 is 1.80 bits per heavy atom. The summed E-state index contributed by atoms with van der Waals surface area (Å²) in [4.78, 5) is 0. The lowest BCUT2D eigenvalue weighted by atomic mass is 9.74. The van der Waals surface area contributed by atoms with Crippen LogP contribution >= 0.6 is 0 Å². The van der Waals surface area contributed by atoms with Gasteiger partial charge in [-0.1, -0.05) is 13.8 Å². The molecule has 20 heavy (non-hydrogen) atoms. The first-order valence-electron chi connectivity index (χ1n) is 8.60. The molecular weight excluding hydrogens is 250 g/mol. The SMILES string of the molecule is CCOCCOC1(CNC2CC2)CCC(C(C)C)CC1. The maximum Gasteiger partial charge on any atom is 0.0807 e. The van der Waals surface area contributed by atoms with Crippen LogP contribution < -0.4 is 5.32 Å². The normalized spacial score (nSPS) is 30.9. The fraction of sp³-hybridized carbons (Fsp3) is 1.00. The zero-order chi connectivity index (χ0) is 14.4. The molecule has 1 N–H and O–H groups in total. The lowest BCUT2D eigenvalue weighted by molar-refractivity contribution is -0.0945. The first-order chi connectivity index (χ1) is 9.65. The molecule has 3 heteroatoms. The van der Waals surface area contributed by atoms with E-state index in [4.69, 9.17) is 9.47 Å². The topological polar surface area (TPSA) is 30.5 Å². The Morgan fingerprint density at radius 1 is 1.10 bits per heavy atom. The van der Waals surface area contributed by atoms with Gasteiger partial charge in [0.2, 0.25) is 0 Å². The van der Waals surface area contributed by atoms with Gasteiger partial charge in [-0.05, 0) is 57.3 Å². The first-order valence-corrected chi connectivity index (χ1v) is 8.60. The molecule has 0 aliphatic heterocycles. The quantitative estimate of drug-likeness (QED) is 0.658. The van der Waals surface area contributed by atoms with E-state index < -0.39 is 0 Å². The van der Waals surface area contributed by atoms with Gasteiger partial charge in [-0.2, -0.15) is 0 Å². The molecular formula is C17H33NO2. The molecule has 0 aromatic carbocycles. The molecule has 0 aromatic heterocycles. The maximum absolute atomic E-state index is 6.29. The molecule has 2 saturated carbocycles. The van der Waals surface area contributed by atoms with Gasteiger partial charge < -0.3 is 14.8 Å². The van der Waals surface area contributed by atoms with Crippen molar-refractivity contribution in [3.63, 3.8) is 0 Å². The average molecular weight is 283 g/mol. The predicted octanol–water partition coefficient (Wildman–Crippen LogP) is 3.38. The first kappa shape index (κ1) is 16.3. The van der Waals surface area contributed by atoms with Crippen LogP contribution in [0.2, 0.25) is 0 Å². The van der Waals surface area contributed by atoms with Crippen molar-refractivity contribution in [3.05, 3.63) is 0 Å². The summed E-state index contributed by atoms with van der Waals surface area (Å²) >= 11 is 0. The predicted molar refractivity (Wildman–Crippen MR) is 83.0 cm³/mol. The molecule has 2 aliphatic rings. The van der Waals surface area contributed by atoms with Crippen LogP contribution in [0.1, 0.15) is 59.3 Å². The standard InChI is InChI=1S/C17H33NO2/c1-4-19-11-12-20-17(13-18-16-5-6-16)9-7-15(8-10-17)14(2)3/h14-16,18H,4-13H2,1-3H3. The fourth-order valence-electron chi connectivity index (χ4n) is 3.28. The Balaban J connectivity index is 1.80. The summed E-state index contributed by atoms with van der Waals surface area (Å²) in [5.41, 5.74) is 0.0745. The number of ether oxygens (including phenoxy) is 2. The molecule has 0 unspecified atom stereocenters. The van der Waals surface area contributed by atoms with Crippen LogP contribution in [-0.4, -0.2) is 38.0 Å². The van der Waals surface area contributed by atoms with E-state index in [0.717, 1.165) is 44.2 Å². The molecule has 0 radical (unpaired) electrons. The minimum atomic E-state index is 0.0745. The minimum Gasteiger partial charge on any atom is -0.379 e. The van der Waals surface area contributed by atoms with Gasteiger partial charge in [0.15, 0.2) is 0 Å². The zero-order valence-electron chi connectivity index (χ0n) is 13.6. The van der Waals surface area contributed by atoms with Crippen LogP contribution in [0.3, 0.4) is 0 Å². The summed E-state index contributed by atoms with van der Waals surface area (Å²) < 4.78 is 11.7. The van der Waals surface area contributed by atoms with E-state index in [1.54, 1.807) is 0 Å². The van der Waals surface area contributed by atoms with Crippen LogP contribution in [-0.2, 0) is 9.47 Å². The van der Waals surface area contributed by atoms with Gasteiger partial charge in [0, 0.05) is 19.2 Å². The van der Waals surface area contributed by atoms with Gasteiger partial charge in [0.1, 0.15) is 0 Å². The Morgan fingerprint density at radius 3 is 2.35 bits per heavy atom. The third-order valence-corrected chi connectivity index (χ3v) is 5.01. The summed E-state index contributed by atoms with van der Waals surface area (Å²) in [6.07, 6.45) is 7.76. The molecule has 118 valence electrons. The third kappa shape index (κ3) is 5.01. The minimum absolute atomic E-state index is 0.0745. The van der Waals surface area contributed by atoms with Crippen molar-refractivity contribution in [1.82, 2.24) is 5.32 Å². The molecule has 0 bridgehead atoms. The summed E-state index contributed by atoms with van der Waals surface area (Å²) in [5, 5.41) is 3.69. The molecule has 0 atom stereocenters. The van der Waals surface area contributed by atoms with Crippen LogP contribution in [0.25, 0.3) is 0 Å². The maximum atomic E-state index is 6.29. The molecule has 2 aliphatic carbocycles. The lowest BCUT2D eigenvalue weighted by Crippen LogP contribution is -2.47. The van der Waals surface area contributed by atoms with Crippen LogP contribution in [0.15, 0.2) is 0 Å². The van der Waals surface area contributed by atoms with Crippen molar-refractivity contribution in [2.24, 2.45) is 11.8 Å². The number of rotatable bonds is 9. The van der Waals surface area contributed by atoms with E-state index in [0.29, 0.717) is 0 Å². The monoisotopic (exact) mass is 283 g/mol. The summed E-state index contributed by atoms with van der Waals surface area (Å²) in [5.74, 6) is 1.70. The van der Waals surface area contributed by atoms with Crippen LogP contribution in [0.4, 0.5) is 0 Å². The summed E-state index contributed by atoms with van der Waals surface area (Å²) in [7, 11) is 0. The summed E-state index contributed by atoms with van der Waals surface area (Å²) in [6.45, 7) is 10.0. The number of hydrogen-bond donors (Lipinski definition) is 1. The second-order valence-corrected chi connectivity index (χ2v) is 6.97. The fourth-order valence-corrected chi connectivity index (χ4v) is 3.28. The van der Waals surface area contributed by atoms with E-state index in [-0.39, 0.29) is 5.60 Å². The molecule has 3 nitrogen and oxygen atoms in total. The second-order valence-electron chi connectivity index (χ2n) is 6.97. The van der Waals surface area contributed by atoms with Gasteiger partial charge in [0.25, 0.3) is 0 Å². The van der Waals surface area contributed by atoms with Crippen molar-refractivity contribution in [1.29, 1.82) is 0 Å². The smallest absolute Gasteiger partial charge is 0.0807 e. The molecule has 0 aromatic rings. The lowest BCUT2D eigenvalue weighted by Gasteiger charge is -2.41. The Bertz CT molecular complexity index is 268. The van der Waals surface area contributed by atoms with E-state index in [1.165, 1.54) is 38.5 Å². The van der Waals surface area contributed by atoms with Crippen molar-refractivity contribution >= 4 is 0 Å². The van der Waals surface area contributed by atoms with Crippen LogP contribution in [0.5, 0.6) is 0 Å². The van der Waals surface area contributed by atoms with Gasteiger partial charge in [-0.3, -0.25) is 0 Å². The highest BCUT2D eigenvalue weighted by Gasteiger charge is 2.38. The number of nitrogens with one attached hydrogen (secondary N) is 1. The largest absolute Gasteiger partial charge is 0.379 e. The average Bonchev–Trinajstić information content (AvgIpc) is 3.26. The highest BCUT2D eigenvalue weighted by atomic mass is 16.5. The molecule has 0 spiro atoms. The van der Waals surface area contributed by atoms with Gasteiger partial charge in [0.05, 0.1) is 18.8 Å². The Hall–Kier alpha value is -0.120. The van der Waals surface area contributed by atoms with Gasteiger partial charge in [-0.15, -0.1) is 0 Å². The van der Waals surface area contributed by atoms with Crippen molar-refractivity contribution in [2.45, 2.75) is 70.9 Å². The van der Waals surface area contributed by atoms with E-state index in [1.807, 2.05) is 6.92 Å². The van der Waals surface area contributed by atoms with Crippen molar-refractivity contribution in [2.75, 3.05) is 26.4 Å². The molecule has 0 heterocycles. The second kappa shape index (κ2) is 7.77. The van der Waals surface area contributed by atoms with Crippen LogP contribution in [0, 0.1) is 11.8 Å². The van der Waals surface area contributed by atoms with Gasteiger partial charge in [-0.25, -0.2) is 0 Å². The number of hydrogen-bond acceptors (Lipinski definition) is 3. The summed E-state index contributed by atoms with van der Waals surface area (Å²) in [6, 6.07) is 0.769. The Kier molecular flexibility index (Phi) is 6.31. The Labute approximate surface area is 124 Å². The van der Waals surface area contributed by atoms with Crippen molar-refractivity contribution < 1.29 is 9.47 Å². The zero-order valence-corrected chi connectivity index (χ0v) is 13.6. The molecule has 2 rings (SSSR count). The molecule has 2 fully saturated rings.